The highest BCUT2D eigenvalue weighted by atomic mass is 16.5. The van der Waals surface area contributed by atoms with Gasteiger partial charge in [-0.05, 0) is 37.5 Å². The molecule has 0 bridgehead atoms. The summed E-state index contributed by atoms with van der Waals surface area (Å²) in [6, 6.07) is 5.01. The molecule has 1 atom stereocenters. The lowest BCUT2D eigenvalue weighted by atomic mass is 10.1. The quantitative estimate of drug-likeness (QED) is 0.540. The third-order valence-corrected chi connectivity index (χ3v) is 4.81. The first-order valence-electron chi connectivity index (χ1n) is 9.41. The number of aryl methyl sites for hydroxylation is 1. The molecule has 1 aliphatic rings. The monoisotopic (exact) mass is 413 g/mol. The molecule has 0 saturated carbocycles. The maximum atomic E-state index is 13.0. The molecule has 0 aliphatic carbocycles. The first-order valence-corrected chi connectivity index (χ1v) is 9.41. The van der Waals surface area contributed by atoms with Crippen molar-refractivity contribution in [1.82, 2.24) is 14.0 Å². The molecular formula is C20H23N5O5. The molecule has 158 valence electrons. The van der Waals surface area contributed by atoms with E-state index >= 15 is 0 Å². The fraction of sp³-hybridized carbons (Fsp3) is 0.350. The normalized spacial score (nSPS) is 15.7. The Labute approximate surface area is 171 Å². The molecule has 0 aromatic carbocycles. The molecular weight excluding hydrogens is 390 g/mol. The van der Waals surface area contributed by atoms with Crippen LogP contribution in [0, 0.1) is 12.3 Å². The number of hydrogen-bond donors (Lipinski definition) is 3. The number of nitrogens with one attached hydrogen (secondary N) is 1. The van der Waals surface area contributed by atoms with E-state index in [1.807, 2.05) is 13.0 Å². The zero-order chi connectivity index (χ0) is 22.0. The van der Waals surface area contributed by atoms with E-state index in [4.69, 9.17) is 25.8 Å². The van der Waals surface area contributed by atoms with Crippen LogP contribution in [0.4, 0.5) is 0 Å². The summed E-state index contributed by atoms with van der Waals surface area (Å²) in [6.07, 6.45) is 3.37. The Bertz CT molecular complexity index is 1250. The van der Waals surface area contributed by atoms with E-state index < -0.39 is 11.9 Å². The van der Waals surface area contributed by atoms with Crippen LogP contribution in [0.3, 0.4) is 0 Å². The van der Waals surface area contributed by atoms with E-state index in [0.717, 1.165) is 25.3 Å². The van der Waals surface area contributed by atoms with Gasteiger partial charge in [-0.15, -0.1) is 0 Å². The van der Waals surface area contributed by atoms with E-state index in [1.54, 1.807) is 16.8 Å². The molecule has 30 heavy (non-hydrogen) atoms. The number of nitrogens with two attached hydrogens (primary N) is 1. The summed E-state index contributed by atoms with van der Waals surface area (Å²) in [7, 11) is 0. The summed E-state index contributed by atoms with van der Waals surface area (Å²) < 4.78 is 8.69. The van der Waals surface area contributed by atoms with Crippen molar-refractivity contribution in [3.05, 3.63) is 51.4 Å². The smallest absolute Gasteiger partial charge is 0.300 e. The Balaban J connectivity index is 0.000000589. The molecule has 3 aromatic rings. The summed E-state index contributed by atoms with van der Waals surface area (Å²) in [5, 5.41) is 16.1. The molecule has 1 saturated heterocycles. The molecule has 4 N–H and O–H groups in total. The Kier molecular flexibility index (Phi) is 5.97. The standard InChI is InChI=1S/C18H19N5O3.C2H4O2/c1-10-4-2-6-22-16(10)21-17-13(18(22)25)8-12(15(20)24)14(19)23(17)9-11-5-3-7-26-11;1-2(3)4/h2,4,6,8,11,19H,3,5,7,9H2,1H3,(H2,20,24);1H3,(H,3,4). The molecule has 4 rings (SSSR count). The number of primary amides is 1. The van der Waals surface area contributed by atoms with E-state index in [1.165, 1.54) is 10.5 Å². The Hall–Kier alpha value is -3.53. The Morgan fingerprint density at radius 2 is 2.10 bits per heavy atom. The van der Waals surface area contributed by atoms with Gasteiger partial charge >= 0.3 is 0 Å². The Morgan fingerprint density at radius 3 is 2.70 bits per heavy atom. The summed E-state index contributed by atoms with van der Waals surface area (Å²) in [5.74, 6) is -1.58. The topological polar surface area (TPSA) is 153 Å². The highest BCUT2D eigenvalue weighted by molar-refractivity contribution is 5.95. The summed E-state index contributed by atoms with van der Waals surface area (Å²) in [4.78, 5) is 38.4. The molecule has 0 spiro atoms. The molecule has 1 unspecified atom stereocenters. The maximum absolute atomic E-state index is 13.0. The summed E-state index contributed by atoms with van der Waals surface area (Å²) in [5.41, 5.74) is 6.84. The van der Waals surface area contributed by atoms with Gasteiger partial charge in [-0.2, -0.15) is 0 Å². The first-order chi connectivity index (χ1) is 14.2. The molecule has 1 aliphatic heterocycles. The van der Waals surface area contributed by atoms with E-state index in [9.17, 15) is 9.59 Å². The minimum absolute atomic E-state index is 0.00185. The lowest BCUT2D eigenvalue weighted by Crippen LogP contribution is -2.35. The number of nitrogens with zero attached hydrogens (tertiary/aromatic N) is 3. The van der Waals surface area contributed by atoms with Crippen molar-refractivity contribution in [2.24, 2.45) is 5.73 Å². The fourth-order valence-electron chi connectivity index (χ4n) is 3.45. The second-order valence-corrected chi connectivity index (χ2v) is 7.07. The number of amides is 1. The third kappa shape index (κ3) is 4.08. The summed E-state index contributed by atoms with van der Waals surface area (Å²) >= 11 is 0. The molecule has 10 nitrogen and oxygen atoms in total. The van der Waals surface area contributed by atoms with E-state index in [2.05, 4.69) is 4.98 Å². The van der Waals surface area contributed by atoms with Crippen molar-refractivity contribution < 1.29 is 19.4 Å². The number of aliphatic carboxylic acids is 1. The van der Waals surface area contributed by atoms with Crippen LogP contribution in [-0.4, -0.2) is 43.6 Å². The predicted molar refractivity (Wildman–Crippen MR) is 108 cm³/mol. The molecule has 4 heterocycles. The van der Waals surface area contributed by atoms with Gasteiger partial charge in [0.15, 0.2) is 0 Å². The van der Waals surface area contributed by atoms with Crippen molar-refractivity contribution in [2.45, 2.75) is 39.3 Å². The molecule has 10 heteroatoms. The van der Waals surface area contributed by atoms with Gasteiger partial charge in [0.05, 0.1) is 23.6 Å². The molecule has 0 radical (unpaired) electrons. The van der Waals surface area contributed by atoms with E-state index in [-0.39, 0.29) is 28.1 Å². The van der Waals surface area contributed by atoms with Gasteiger partial charge < -0.3 is 20.1 Å². The number of ether oxygens (including phenoxy) is 1. The second kappa shape index (κ2) is 8.46. The Morgan fingerprint density at radius 1 is 1.40 bits per heavy atom. The van der Waals surface area contributed by atoms with Crippen LogP contribution in [0.2, 0.25) is 0 Å². The van der Waals surface area contributed by atoms with Crippen LogP contribution >= 0.6 is 0 Å². The van der Waals surface area contributed by atoms with Gasteiger partial charge in [-0.25, -0.2) is 4.98 Å². The van der Waals surface area contributed by atoms with Crippen LogP contribution < -0.4 is 16.8 Å². The number of rotatable bonds is 3. The van der Waals surface area contributed by atoms with Crippen LogP contribution in [0.15, 0.2) is 29.2 Å². The second-order valence-electron chi connectivity index (χ2n) is 7.07. The SMILES string of the molecule is CC(=O)O.Cc1cccn2c(=O)c3cc(C(N)=O)c(=N)n(CC4CCCO4)c3nc12. The van der Waals surface area contributed by atoms with Gasteiger partial charge in [-0.3, -0.25) is 24.2 Å². The molecule has 1 fully saturated rings. The largest absolute Gasteiger partial charge is 0.481 e. The zero-order valence-electron chi connectivity index (χ0n) is 16.7. The summed E-state index contributed by atoms with van der Waals surface area (Å²) in [6.45, 7) is 3.98. The van der Waals surface area contributed by atoms with E-state index in [0.29, 0.717) is 24.4 Å². The average Bonchev–Trinajstić information content (AvgIpc) is 3.17. The number of carboxylic acid groups (broad SMARTS) is 1. The van der Waals surface area contributed by atoms with Crippen LogP contribution in [-0.2, 0) is 16.1 Å². The number of carbonyl (C=O) groups excluding carboxylic acids is 1. The van der Waals surface area contributed by atoms with Gasteiger partial charge in [0, 0.05) is 19.7 Å². The first kappa shape index (κ1) is 21.2. The van der Waals surface area contributed by atoms with Crippen molar-refractivity contribution in [3.8, 4) is 0 Å². The van der Waals surface area contributed by atoms with Gasteiger partial charge in [0.1, 0.15) is 16.8 Å². The van der Waals surface area contributed by atoms with Crippen LogP contribution in [0.25, 0.3) is 16.7 Å². The molecule has 1 amide bonds. The third-order valence-electron chi connectivity index (χ3n) is 4.81. The number of aromatic nitrogens is 3. The van der Waals surface area contributed by atoms with Gasteiger partial charge in [0.2, 0.25) is 0 Å². The minimum Gasteiger partial charge on any atom is -0.481 e. The van der Waals surface area contributed by atoms with Crippen molar-refractivity contribution >= 4 is 28.6 Å². The number of fused-ring (bicyclic) bond motifs is 2. The minimum atomic E-state index is -0.833. The number of carboxylic acids is 1. The van der Waals surface area contributed by atoms with Crippen LogP contribution in [0.5, 0.6) is 0 Å². The average molecular weight is 413 g/mol. The highest BCUT2D eigenvalue weighted by Crippen LogP contribution is 2.17. The van der Waals surface area contributed by atoms with Crippen molar-refractivity contribution in [2.75, 3.05) is 6.61 Å². The predicted octanol–water partition coefficient (Wildman–Crippen LogP) is 0.806. The number of hydrogen-bond acceptors (Lipinski definition) is 6. The van der Waals surface area contributed by atoms with Crippen LogP contribution in [0.1, 0.15) is 35.7 Å². The fourth-order valence-corrected chi connectivity index (χ4v) is 3.45. The zero-order valence-corrected chi connectivity index (χ0v) is 16.7. The van der Waals surface area contributed by atoms with Crippen molar-refractivity contribution in [1.29, 1.82) is 5.41 Å². The van der Waals surface area contributed by atoms with Gasteiger partial charge in [0.25, 0.3) is 17.4 Å². The molecule has 3 aromatic heterocycles. The number of carbonyl (C=O) groups is 2. The maximum Gasteiger partial charge on any atom is 0.300 e. The lowest BCUT2D eigenvalue weighted by Gasteiger charge is -2.17. The lowest BCUT2D eigenvalue weighted by molar-refractivity contribution is -0.134. The number of pyridine rings is 2. The highest BCUT2D eigenvalue weighted by Gasteiger charge is 2.21. The van der Waals surface area contributed by atoms with Gasteiger partial charge in [-0.1, -0.05) is 6.07 Å². The van der Waals surface area contributed by atoms with Crippen molar-refractivity contribution in [3.63, 3.8) is 0 Å².